The molecule has 0 saturated heterocycles. The van der Waals surface area contributed by atoms with Gasteiger partial charge in [0, 0.05) is 25.5 Å². The highest BCUT2D eigenvalue weighted by Gasteiger charge is 2.18. The molecule has 0 aliphatic carbocycles. The maximum Gasteiger partial charge on any atom is 0.243 e. The Morgan fingerprint density at radius 1 is 1.08 bits per heavy atom. The van der Waals surface area contributed by atoms with Crippen molar-refractivity contribution in [2.24, 2.45) is 0 Å². The fourth-order valence-corrected chi connectivity index (χ4v) is 3.12. The smallest absolute Gasteiger partial charge is 0.243 e. The number of sulfonamides is 1. The predicted octanol–water partition coefficient (Wildman–Crippen LogP) is 2.74. The first kappa shape index (κ1) is 19.9. The number of nitrogens with one attached hydrogen (secondary N) is 2. The number of hydrogen-bond acceptors (Lipinski definition) is 4. The van der Waals surface area contributed by atoms with E-state index in [4.69, 9.17) is 0 Å². The molecule has 0 spiro atoms. The van der Waals surface area contributed by atoms with Crippen LogP contribution in [0.4, 0.5) is 15.8 Å². The molecule has 0 unspecified atom stereocenters. The molecular formula is C18H22FN3O3S. The molecule has 0 atom stereocenters. The van der Waals surface area contributed by atoms with Gasteiger partial charge < -0.3 is 10.6 Å². The van der Waals surface area contributed by atoms with Gasteiger partial charge in [-0.15, -0.1) is 0 Å². The molecule has 2 N–H and O–H groups in total. The van der Waals surface area contributed by atoms with E-state index in [0.717, 1.165) is 9.87 Å². The molecule has 8 heteroatoms. The number of anilines is 2. The van der Waals surface area contributed by atoms with Crippen molar-refractivity contribution in [1.82, 2.24) is 4.31 Å². The highest BCUT2D eigenvalue weighted by Crippen LogP contribution is 2.22. The number of hydrogen-bond donors (Lipinski definition) is 2. The van der Waals surface area contributed by atoms with Gasteiger partial charge in [-0.1, -0.05) is 12.1 Å². The van der Waals surface area contributed by atoms with E-state index < -0.39 is 10.0 Å². The van der Waals surface area contributed by atoms with Crippen molar-refractivity contribution in [3.63, 3.8) is 0 Å². The molecule has 0 saturated carbocycles. The molecule has 6 nitrogen and oxygen atoms in total. The second kappa shape index (κ2) is 7.84. The van der Waals surface area contributed by atoms with Crippen LogP contribution < -0.4 is 10.6 Å². The summed E-state index contributed by atoms with van der Waals surface area (Å²) in [5.41, 5.74) is 2.16. The average molecular weight is 379 g/mol. The minimum Gasteiger partial charge on any atom is -0.376 e. The number of carbonyl (C=O) groups is 1. The maximum absolute atomic E-state index is 13.5. The lowest BCUT2D eigenvalue weighted by molar-refractivity contribution is -0.114. The van der Waals surface area contributed by atoms with Crippen molar-refractivity contribution in [3.8, 4) is 0 Å². The third kappa shape index (κ3) is 4.59. The van der Waals surface area contributed by atoms with Crippen LogP contribution in [0.1, 0.15) is 11.1 Å². The Hall–Kier alpha value is -2.45. The van der Waals surface area contributed by atoms with Crippen LogP contribution in [-0.4, -0.2) is 39.3 Å². The summed E-state index contributed by atoms with van der Waals surface area (Å²) in [4.78, 5) is 12.3. The molecule has 0 aliphatic heterocycles. The summed E-state index contributed by atoms with van der Waals surface area (Å²) in [6.45, 7) is 3.35. The third-order valence-electron chi connectivity index (χ3n) is 3.89. The second-order valence-electron chi connectivity index (χ2n) is 6.13. The molecule has 0 fully saturated rings. The first-order valence-corrected chi connectivity index (χ1v) is 9.38. The van der Waals surface area contributed by atoms with Crippen LogP contribution in [-0.2, 0) is 14.8 Å². The monoisotopic (exact) mass is 379 g/mol. The van der Waals surface area contributed by atoms with E-state index in [1.165, 1.54) is 32.3 Å². The van der Waals surface area contributed by atoms with Crippen LogP contribution in [0, 0.1) is 19.7 Å². The Balaban J connectivity index is 2.10. The van der Waals surface area contributed by atoms with E-state index in [2.05, 4.69) is 10.6 Å². The van der Waals surface area contributed by atoms with Crippen LogP contribution >= 0.6 is 0 Å². The van der Waals surface area contributed by atoms with Crippen LogP contribution in [0.25, 0.3) is 0 Å². The Morgan fingerprint density at radius 2 is 1.73 bits per heavy atom. The molecule has 2 aromatic rings. The SMILES string of the molecule is Cc1ccc(NCC(=O)Nc2cc(S(=O)(=O)N(C)C)ccc2C)cc1F. The lowest BCUT2D eigenvalue weighted by atomic mass is 10.2. The Bertz CT molecular complexity index is 927. The molecule has 1 amide bonds. The van der Waals surface area contributed by atoms with Crippen molar-refractivity contribution in [3.05, 3.63) is 53.3 Å². The van der Waals surface area contributed by atoms with Gasteiger partial charge in [0.25, 0.3) is 0 Å². The van der Waals surface area contributed by atoms with Gasteiger partial charge in [-0.05, 0) is 49.2 Å². The van der Waals surface area contributed by atoms with Crippen molar-refractivity contribution in [2.45, 2.75) is 18.7 Å². The van der Waals surface area contributed by atoms with E-state index in [-0.39, 0.29) is 23.2 Å². The number of amides is 1. The number of carbonyl (C=O) groups excluding carboxylic acids is 1. The zero-order valence-electron chi connectivity index (χ0n) is 15.1. The van der Waals surface area contributed by atoms with Gasteiger partial charge in [0.15, 0.2) is 0 Å². The van der Waals surface area contributed by atoms with E-state index in [0.29, 0.717) is 16.9 Å². The zero-order chi connectivity index (χ0) is 19.5. The van der Waals surface area contributed by atoms with E-state index >= 15 is 0 Å². The number of rotatable bonds is 6. The minimum atomic E-state index is -3.59. The summed E-state index contributed by atoms with van der Waals surface area (Å²) in [6, 6.07) is 9.17. The van der Waals surface area contributed by atoms with Crippen LogP contribution in [0.5, 0.6) is 0 Å². The van der Waals surface area contributed by atoms with Crippen molar-refractivity contribution in [2.75, 3.05) is 31.3 Å². The van der Waals surface area contributed by atoms with Gasteiger partial charge >= 0.3 is 0 Å². The summed E-state index contributed by atoms with van der Waals surface area (Å²) in [5, 5.41) is 5.52. The lowest BCUT2D eigenvalue weighted by Gasteiger charge is -2.15. The van der Waals surface area contributed by atoms with Crippen molar-refractivity contribution < 1.29 is 17.6 Å². The Morgan fingerprint density at radius 3 is 2.35 bits per heavy atom. The molecule has 0 aromatic heterocycles. The molecule has 2 aromatic carbocycles. The van der Waals surface area contributed by atoms with Gasteiger partial charge in [0.05, 0.1) is 11.4 Å². The fraction of sp³-hybridized carbons (Fsp3) is 0.278. The van der Waals surface area contributed by atoms with Gasteiger partial charge in [-0.3, -0.25) is 4.79 Å². The molecule has 140 valence electrons. The highest BCUT2D eigenvalue weighted by molar-refractivity contribution is 7.89. The van der Waals surface area contributed by atoms with E-state index in [1.54, 1.807) is 32.0 Å². The maximum atomic E-state index is 13.5. The summed E-state index contributed by atoms with van der Waals surface area (Å²) in [5.74, 6) is -0.721. The van der Waals surface area contributed by atoms with Crippen LogP contribution in [0.2, 0.25) is 0 Å². The summed E-state index contributed by atoms with van der Waals surface area (Å²) in [7, 11) is -0.706. The number of nitrogens with zero attached hydrogens (tertiary/aromatic N) is 1. The minimum absolute atomic E-state index is 0.0768. The van der Waals surface area contributed by atoms with Gasteiger partial charge in [0.2, 0.25) is 15.9 Å². The number of aryl methyl sites for hydroxylation is 2. The molecular weight excluding hydrogens is 357 g/mol. The first-order valence-electron chi connectivity index (χ1n) is 7.94. The average Bonchev–Trinajstić information content (AvgIpc) is 2.57. The molecule has 0 radical (unpaired) electrons. The van der Waals surface area contributed by atoms with Gasteiger partial charge in [-0.2, -0.15) is 0 Å². The van der Waals surface area contributed by atoms with Crippen molar-refractivity contribution >= 4 is 27.3 Å². The summed E-state index contributed by atoms with van der Waals surface area (Å²) in [6.07, 6.45) is 0. The topological polar surface area (TPSA) is 78.5 Å². The molecule has 26 heavy (non-hydrogen) atoms. The molecule has 0 aliphatic rings. The predicted molar refractivity (Wildman–Crippen MR) is 100 cm³/mol. The second-order valence-corrected chi connectivity index (χ2v) is 8.28. The quantitative estimate of drug-likeness (QED) is 0.809. The van der Waals surface area contributed by atoms with Gasteiger partial charge in [-0.25, -0.2) is 17.1 Å². The Labute approximate surface area is 153 Å². The van der Waals surface area contributed by atoms with E-state index in [1.807, 2.05) is 0 Å². The summed E-state index contributed by atoms with van der Waals surface area (Å²) < 4.78 is 39.1. The zero-order valence-corrected chi connectivity index (χ0v) is 15.9. The first-order chi connectivity index (χ1) is 12.1. The fourth-order valence-electron chi connectivity index (χ4n) is 2.19. The van der Waals surface area contributed by atoms with E-state index in [9.17, 15) is 17.6 Å². The van der Waals surface area contributed by atoms with Crippen molar-refractivity contribution in [1.29, 1.82) is 0 Å². The molecule has 0 bridgehead atoms. The van der Waals surface area contributed by atoms with Gasteiger partial charge in [0.1, 0.15) is 5.82 Å². The lowest BCUT2D eigenvalue weighted by Crippen LogP contribution is -2.24. The molecule has 0 heterocycles. The standard InChI is InChI=1S/C18H22FN3O3S/c1-12-5-7-14(9-16(12)19)20-11-18(23)21-17-10-15(8-6-13(17)2)26(24,25)22(3)4/h5-10,20H,11H2,1-4H3,(H,21,23). The summed E-state index contributed by atoms with van der Waals surface area (Å²) >= 11 is 0. The molecule has 2 rings (SSSR count). The Kier molecular flexibility index (Phi) is 5.99. The van der Waals surface area contributed by atoms with Crippen LogP contribution in [0.3, 0.4) is 0 Å². The number of halogens is 1. The number of benzene rings is 2. The third-order valence-corrected chi connectivity index (χ3v) is 5.70. The largest absolute Gasteiger partial charge is 0.376 e. The van der Waals surface area contributed by atoms with Crippen LogP contribution in [0.15, 0.2) is 41.3 Å². The highest BCUT2D eigenvalue weighted by atomic mass is 32.2. The normalized spacial score (nSPS) is 11.5.